The number of alkyl carbamates (subject to hydrolysis) is 1. The maximum atomic E-state index is 13.2. The van der Waals surface area contributed by atoms with E-state index in [1.807, 2.05) is 44.2 Å². The molecule has 0 radical (unpaired) electrons. The fraction of sp³-hybridized carbons (Fsp3) is 0.586. The van der Waals surface area contributed by atoms with Gasteiger partial charge in [-0.15, -0.1) is 0 Å². The van der Waals surface area contributed by atoms with E-state index >= 15 is 0 Å². The molecule has 1 aromatic carbocycles. The van der Waals surface area contributed by atoms with E-state index in [9.17, 15) is 24.3 Å². The second-order valence-corrected chi connectivity index (χ2v) is 10.8. The summed E-state index contributed by atoms with van der Waals surface area (Å²) in [6.07, 6.45) is 6.38. The number of carbonyl (C=O) groups excluding carboxylic acids is 4. The zero-order valence-electron chi connectivity index (χ0n) is 22.8. The Kier molecular flexibility index (Phi) is 11.3. The average Bonchev–Trinajstić information content (AvgIpc) is 3.39. The van der Waals surface area contributed by atoms with Crippen LogP contribution in [-0.4, -0.2) is 59.8 Å². The number of allylic oxidation sites excluding steroid dienone is 1. The average molecular weight is 544 g/mol. The van der Waals surface area contributed by atoms with Gasteiger partial charge in [-0.3, -0.25) is 9.59 Å². The van der Waals surface area contributed by atoms with Crippen molar-refractivity contribution in [3.8, 4) is 0 Å². The first-order chi connectivity index (χ1) is 18.7. The molecule has 1 fully saturated rings. The predicted octanol–water partition coefficient (Wildman–Crippen LogP) is 2.74. The Morgan fingerprint density at radius 3 is 2.49 bits per heavy atom. The van der Waals surface area contributed by atoms with E-state index in [2.05, 4.69) is 16.0 Å². The normalized spacial score (nSPS) is 23.6. The number of aliphatic hydroxyl groups excluding tert-OH is 1. The lowest BCUT2D eigenvalue weighted by molar-refractivity contribution is -0.148. The van der Waals surface area contributed by atoms with Gasteiger partial charge in [0.1, 0.15) is 19.3 Å². The van der Waals surface area contributed by atoms with Crippen molar-refractivity contribution in [2.45, 2.75) is 83.0 Å². The smallest absolute Gasteiger partial charge is 0.408 e. The van der Waals surface area contributed by atoms with Gasteiger partial charge in [-0.2, -0.15) is 0 Å². The highest BCUT2D eigenvalue weighted by atomic mass is 16.6. The Balaban J connectivity index is 1.66. The molecule has 2 aliphatic rings. The highest BCUT2D eigenvalue weighted by Gasteiger charge is 2.36. The molecule has 1 aromatic rings. The molecule has 3 amide bonds. The van der Waals surface area contributed by atoms with Gasteiger partial charge in [0.25, 0.3) is 0 Å². The Hall–Kier alpha value is -3.40. The molecule has 3 atom stereocenters. The summed E-state index contributed by atoms with van der Waals surface area (Å²) in [5.41, 5.74) is 0.203. The number of aliphatic hydroxyl groups is 1. The molecular weight excluding hydrogens is 502 g/mol. The Morgan fingerprint density at radius 1 is 1.13 bits per heavy atom. The molecule has 0 spiro atoms. The molecule has 0 saturated heterocycles. The van der Waals surface area contributed by atoms with Crippen LogP contribution >= 0.6 is 0 Å². The number of amides is 3. The van der Waals surface area contributed by atoms with Gasteiger partial charge in [-0.05, 0) is 37.2 Å². The van der Waals surface area contributed by atoms with Crippen molar-refractivity contribution in [2.24, 2.45) is 11.8 Å². The van der Waals surface area contributed by atoms with Crippen LogP contribution in [-0.2, 0) is 30.5 Å². The summed E-state index contributed by atoms with van der Waals surface area (Å²) in [6, 6.07) is 7.75. The van der Waals surface area contributed by atoms with Crippen molar-refractivity contribution in [2.75, 3.05) is 13.2 Å². The molecule has 214 valence electrons. The first-order valence-corrected chi connectivity index (χ1v) is 13.7. The van der Waals surface area contributed by atoms with E-state index in [-0.39, 0.29) is 56.8 Å². The molecule has 1 heterocycles. The van der Waals surface area contributed by atoms with Crippen LogP contribution in [0.15, 0.2) is 42.5 Å². The SMILES string of the molecule is CC(C)[C@H]1COC(=O)[C@H](NC(=O)OCc2ccccc2)CC=CC[C@H](CC(=O)NC2(CO)CCCC2)C(=O)N1. The van der Waals surface area contributed by atoms with Crippen LogP contribution in [0.5, 0.6) is 0 Å². The lowest BCUT2D eigenvalue weighted by atomic mass is 9.94. The van der Waals surface area contributed by atoms with Crippen LogP contribution < -0.4 is 16.0 Å². The fourth-order valence-corrected chi connectivity index (χ4v) is 4.82. The number of benzene rings is 1. The van der Waals surface area contributed by atoms with E-state index in [0.29, 0.717) is 0 Å². The van der Waals surface area contributed by atoms with Crippen molar-refractivity contribution < 1.29 is 33.8 Å². The van der Waals surface area contributed by atoms with Gasteiger partial charge in [-0.1, -0.05) is 69.2 Å². The van der Waals surface area contributed by atoms with Gasteiger partial charge in [0, 0.05) is 6.42 Å². The van der Waals surface area contributed by atoms with Gasteiger partial charge < -0.3 is 30.5 Å². The standard InChI is InChI=1S/C29H41N3O7/c1-20(2)24-18-38-27(36)23(31-28(37)39-17-21-10-4-3-5-11-21)13-7-6-12-22(26(35)30-24)16-25(34)32-29(19-33)14-8-9-15-29/h3-7,10-11,20,22-24,33H,8-9,12-19H2,1-2H3,(H,30,35)(H,31,37)(H,32,34)/t22-,23-,24-/m1/s1. The Bertz CT molecular complexity index is 1010. The largest absolute Gasteiger partial charge is 0.462 e. The summed E-state index contributed by atoms with van der Waals surface area (Å²) in [5, 5.41) is 18.3. The molecular formula is C29H41N3O7. The minimum absolute atomic E-state index is 0.0317. The zero-order chi connectivity index (χ0) is 28.3. The number of carbonyl (C=O) groups is 4. The number of esters is 1. The van der Waals surface area contributed by atoms with E-state index < -0.39 is 35.6 Å². The number of hydrogen-bond acceptors (Lipinski definition) is 7. The zero-order valence-corrected chi connectivity index (χ0v) is 22.8. The van der Waals surface area contributed by atoms with Crippen molar-refractivity contribution in [1.82, 2.24) is 16.0 Å². The molecule has 0 bridgehead atoms. The molecule has 1 aliphatic carbocycles. The van der Waals surface area contributed by atoms with E-state index in [0.717, 1.165) is 31.2 Å². The summed E-state index contributed by atoms with van der Waals surface area (Å²) < 4.78 is 10.7. The minimum Gasteiger partial charge on any atom is -0.462 e. The molecule has 0 aromatic heterocycles. The van der Waals surface area contributed by atoms with Crippen molar-refractivity contribution in [3.05, 3.63) is 48.0 Å². The van der Waals surface area contributed by atoms with Crippen LogP contribution in [0.3, 0.4) is 0 Å². The molecule has 39 heavy (non-hydrogen) atoms. The molecule has 1 aliphatic heterocycles. The number of ether oxygens (including phenoxy) is 2. The number of cyclic esters (lactones) is 1. The second kappa shape index (κ2) is 14.7. The molecule has 4 N–H and O–H groups in total. The molecule has 0 unspecified atom stereocenters. The molecule has 1 saturated carbocycles. The molecule has 10 heteroatoms. The van der Waals surface area contributed by atoms with Gasteiger partial charge in [0.2, 0.25) is 11.8 Å². The Labute approximate surface area is 229 Å². The van der Waals surface area contributed by atoms with Crippen LogP contribution in [0.2, 0.25) is 0 Å². The van der Waals surface area contributed by atoms with Crippen LogP contribution in [0.25, 0.3) is 0 Å². The van der Waals surface area contributed by atoms with E-state index in [1.54, 1.807) is 12.2 Å². The van der Waals surface area contributed by atoms with Crippen molar-refractivity contribution >= 4 is 23.9 Å². The third-order valence-corrected chi connectivity index (χ3v) is 7.36. The van der Waals surface area contributed by atoms with Crippen molar-refractivity contribution in [3.63, 3.8) is 0 Å². The van der Waals surface area contributed by atoms with E-state index in [4.69, 9.17) is 9.47 Å². The highest BCUT2D eigenvalue weighted by Crippen LogP contribution is 2.29. The summed E-state index contributed by atoms with van der Waals surface area (Å²) >= 11 is 0. The number of nitrogens with one attached hydrogen (secondary N) is 3. The quantitative estimate of drug-likeness (QED) is 0.292. The van der Waals surface area contributed by atoms with Crippen LogP contribution in [0.1, 0.15) is 64.4 Å². The number of rotatable bonds is 8. The van der Waals surface area contributed by atoms with E-state index in [1.165, 1.54) is 0 Å². The summed E-state index contributed by atoms with van der Waals surface area (Å²) in [4.78, 5) is 51.3. The lowest BCUT2D eigenvalue weighted by Crippen LogP contribution is -2.51. The molecule has 3 rings (SSSR count). The number of hydrogen-bond donors (Lipinski definition) is 4. The topological polar surface area (TPSA) is 143 Å². The highest BCUT2D eigenvalue weighted by molar-refractivity contribution is 5.86. The maximum absolute atomic E-state index is 13.2. The van der Waals surface area contributed by atoms with Gasteiger partial charge in [0.05, 0.1) is 24.1 Å². The summed E-state index contributed by atoms with van der Waals surface area (Å²) in [6.45, 7) is 3.66. The maximum Gasteiger partial charge on any atom is 0.408 e. The lowest BCUT2D eigenvalue weighted by Gasteiger charge is -2.29. The summed E-state index contributed by atoms with van der Waals surface area (Å²) in [7, 11) is 0. The molecule has 10 nitrogen and oxygen atoms in total. The third kappa shape index (κ3) is 9.38. The predicted molar refractivity (Wildman–Crippen MR) is 144 cm³/mol. The van der Waals surface area contributed by atoms with Gasteiger partial charge in [0.15, 0.2) is 0 Å². The monoisotopic (exact) mass is 543 g/mol. The first-order valence-electron chi connectivity index (χ1n) is 13.7. The summed E-state index contributed by atoms with van der Waals surface area (Å²) in [5.74, 6) is -1.89. The first kappa shape index (κ1) is 30.1. The van der Waals surface area contributed by atoms with Gasteiger partial charge >= 0.3 is 12.1 Å². The fourth-order valence-electron chi connectivity index (χ4n) is 4.82. The van der Waals surface area contributed by atoms with Gasteiger partial charge in [-0.25, -0.2) is 9.59 Å². The Morgan fingerprint density at radius 2 is 1.82 bits per heavy atom. The second-order valence-electron chi connectivity index (χ2n) is 10.8. The minimum atomic E-state index is -0.971. The third-order valence-electron chi connectivity index (χ3n) is 7.36. The van der Waals surface area contributed by atoms with Crippen LogP contribution in [0, 0.1) is 11.8 Å². The van der Waals surface area contributed by atoms with Crippen LogP contribution in [0.4, 0.5) is 4.79 Å². The van der Waals surface area contributed by atoms with Crippen molar-refractivity contribution in [1.29, 1.82) is 0 Å².